The van der Waals surface area contributed by atoms with Crippen molar-refractivity contribution in [3.8, 4) is 0 Å². The maximum atomic E-state index is 5.64. The smallest absolute Gasteiger partial charge is 0.0892 e. The first-order valence-electron chi connectivity index (χ1n) is 7.18. The molecule has 0 radical (unpaired) electrons. The molecule has 2 atom stereocenters. The van der Waals surface area contributed by atoms with Gasteiger partial charge in [0.05, 0.1) is 11.7 Å². The molecule has 0 aromatic heterocycles. The van der Waals surface area contributed by atoms with Crippen LogP contribution in [0.5, 0.6) is 0 Å². The van der Waals surface area contributed by atoms with Crippen molar-refractivity contribution in [3.63, 3.8) is 0 Å². The molecule has 0 aliphatic carbocycles. The molecular weight excluding hydrogens is 220 g/mol. The normalized spacial score (nSPS) is 23.1. The Labute approximate surface area is 112 Å². The fraction of sp³-hybridized carbons (Fsp3) is 0.647. The monoisotopic (exact) mass is 246 g/mol. The SMILES string of the molecule is CC(C)c1ccc(C(C)CCC2OC2(C)C)cc1. The van der Waals surface area contributed by atoms with E-state index in [4.69, 9.17) is 4.74 Å². The second-order valence-corrected chi connectivity index (χ2v) is 6.51. The number of epoxide rings is 1. The molecule has 100 valence electrons. The van der Waals surface area contributed by atoms with Crippen molar-refractivity contribution in [3.05, 3.63) is 35.4 Å². The standard InChI is InChI=1S/C17H26O/c1-12(2)14-7-9-15(10-8-14)13(3)6-11-16-17(4,5)18-16/h7-10,12-13,16H,6,11H2,1-5H3. The fourth-order valence-electron chi connectivity index (χ4n) is 2.52. The summed E-state index contributed by atoms with van der Waals surface area (Å²) in [6.07, 6.45) is 2.88. The van der Waals surface area contributed by atoms with Gasteiger partial charge < -0.3 is 4.74 Å². The quantitative estimate of drug-likeness (QED) is 0.675. The molecule has 1 fully saturated rings. The third kappa shape index (κ3) is 3.14. The summed E-state index contributed by atoms with van der Waals surface area (Å²) in [4.78, 5) is 0. The molecule has 18 heavy (non-hydrogen) atoms. The van der Waals surface area contributed by atoms with Crippen molar-refractivity contribution in [2.24, 2.45) is 0 Å². The highest BCUT2D eigenvalue weighted by molar-refractivity contribution is 5.26. The second kappa shape index (κ2) is 5.05. The zero-order valence-electron chi connectivity index (χ0n) is 12.4. The molecule has 2 rings (SSSR count). The summed E-state index contributed by atoms with van der Waals surface area (Å²) in [6.45, 7) is 11.2. The molecular formula is C17H26O. The van der Waals surface area contributed by atoms with Gasteiger partial charge in [-0.25, -0.2) is 0 Å². The minimum absolute atomic E-state index is 0.140. The third-order valence-electron chi connectivity index (χ3n) is 4.20. The van der Waals surface area contributed by atoms with E-state index < -0.39 is 0 Å². The van der Waals surface area contributed by atoms with Gasteiger partial charge in [-0.3, -0.25) is 0 Å². The van der Waals surface area contributed by atoms with Gasteiger partial charge in [0.15, 0.2) is 0 Å². The highest BCUT2D eigenvalue weighted by atomic mass is 16.6. The predicted octanol–water partition coefficient (Wildman–Crippen LogP) is 4.87. The van der Waals surface area contributed by atoms with E-state index in [1.54, 1.807) is 0 Å². The fourth-order valence-corrected chi connectivity index (χ4v) is 2.52. The summed E-state index contributed by atoms with van der Waals surface area (Å²) < 4.78 is 5.64. The third-order valence-corrected chi connectivity index (χ3v) is 4.20. The Bertz CT molecular complexity index is 389. The number of hydrogen-bond acceptors (Lipinski definition) is 1. The van der Waals surface area contributed by atoms with Gasteiger partial charge in [0, 0.05) is 0 Å². The van der Waals surface area contributed by atoms with Crippen LogP contribution in [0.3, 0.4) is 0 Å². The lowest BCUT2D eigenvalue weighted by atomic mass is 9.92. The molecule has 1 nitrogen and oxygen atoms in total. The Morgan fingerprint density at radius 3 is 2.00 bits per heavy atom. The average molecular weight is 246 g/mol. The average Bonchev–Trinajstić information content (AvgIpc) is 2.94. The van der Waals surface area contributed by atoms with Gasteiger partial charge in [-0.1, -0.05) is 45.0 Å². The second-order valence-electron chi connectivity index (χ2n) is 6.51. The van der Waals surface area contributed by atoms with Gasteiger partial charge in [-0.15, -0.1) is 0 Å². The molecule has 1 saturated heterocycles. The number of ether oxygens (including phenoxy) is 1. The van der Waals surface area contributed by atoms with E-state index in [0.717, 1.165) is 0 Å². The molecule has 1 aliphatic heterocycles. The van der Waals surface area contributed by atoms with Crippen molar-refractivity contribution in [1.29, 1.82) is 0 Å². The first-order chi connectivity index (χ1) is 8.40. The molecule has 1 heteroatoms. The van der Waals surface area contributed by atoms with Crippen molar-refractivity contribution < 1.29 is 4.74 Å². The topological polar surface area (TPSA) is 12.5 Å². The molecule has 0 spiro atoms. The van der Waals surface area contributed by atoms with E-state index in [1.807, 2.05) is 0 Å². The van der Waals surface area contributed by atoms with Gasteiger partial charge >= 0.3 is 0 Å². The number of rotatable bonds is 5. The summed E-state index contributed by atoms with van der Waals surface area (Å²) in [5.41, 5.74) is 3.02. The maximum Gasteiger partial charge on any atom is 0.0892 e. The molecule has 0 bridgehead atoms. The highest BCUT2D eigenvalue weighted by Gasteiger charge is 2.46. The van der Waals surface area contributed by atoms with Crippen LogP contribution >= 0.6 is 0 Å². The van der Waals surface area contributed by atoms with E-state index in [1.165, 1.54) is 24.0 Å². The minimum Gasteiger partial charge on any atom is -0.367 e. The first kappa shape index (κ1) is 13.6. The molecule has 1 aromatic carbocycles. The Hall–Kier alpha value is -0.820. The summed E-state index contributed by atoms with van der Waals surface area (Å²) in [7, 11) is 0. The Balaban J connectivity index is 1.87. The van der Waals surface area contributed by atoms with Crippen LogP contribution < -0.4 is 0 Å². The Kier molecular flexibility index (Phi) is 3.82. The highest BCUT2D eigenvalue weighted by Crippen LogP contribution is 2.40. The van der Waals surface area contributed by atoms with Crippen molar-refractivity contribution in [2.45, 2.75) is 71.0 Å². The van der Waals surface area contributed by atoms with E-state index in [9.17, 15) is 0 Å². The Morgan fingerprint density at radius 2 is 1.56 bits per heavy atom. The zero-order valence-corrected chi connectivity index (χ0v) is 12.4. The van der Waals surface area contributed by atoms with Crippen LogP contribution in [-0.2, 0) is 4.74 Å². The van der Waals surface area contributed by atoms with E-state index in [0.29, 0.717) is 17.9 Å². The zero-order chi connectivity index (χ0) is 13.3. The van der Waals surface area contributed by atoms with Crippen LogP contribution in [-0.4, -0.2) is 11.7 Å². The lowest BCUT2D eigenvalue weighted by molar-refractivity contribution is 0.317. The van der Waals surface area contributed by atoms with E-state index in [-0.39, 0.29) is 5.60 Å². The van der Waals surface area contributed by atoms with Crippen molar-refractivity contribution >= 4 is 0 Å². The van der Waals surface area contributed by atoms with Crippen LogP contribution in [0.4, 0.5) is 0 Å². The summed E-state index contributed by atoms with van der Waals surface area (Å²) in [5, 5.41) is 0. The van der Waals surface area contributed by atoms with Crippen LogP contribution in [0.25, 0.3) is 0 Å². The van der Waals surface area contributed by atoms with Gasteiger partial charge in [0.2, 0.25) is 0 Å². The summed E-state index contributed by atoms with van der Waals surface area (Å²) in [5.74, 6) is 1.25. The number of hydrogen-bond donors (Lipinski definition) is 0. The summed E-state index contributed by atoms with van der Waals surface area (Å²) >= 11 is 0. The lowest BCUT2D eigenvalue weighted by Crippen LogP contribution is -2.04. The molecule has 0 saturated carbocycles. The maximum absolute atomic E-state index is 5.64. The molecule has 1 aromatic rings. The molecule has 2 unspecified atom stereocenters. The molecule has 1 heterocycles. The number of benzene rings is 1. The van der Waals surface area contributed by atoms with Gasteiger partial charge in [-0.2, -0.15) is 0 Å². The van der Waals surface area contributed by atoms with Crippen LogP contribution in [0.1, 0.15) is 70.4 Å². The van der Waals surface area contributed by atoms with Crippen LogP contribution in [0.15, 0.2) is 24.3 Å². The van der Waals surface area contributed by atoms with E-state index in [2.05, 4.69) is 58.9 Å². The first-order valence-corrected chi connectivity index (χ1v) is 7.18. The molecule has 0 N–H and O–H groups in total. The van der Waals surface area contributed by atoms with Crippen LogP contribution in [0, 0.1) is 0 Å². The predicted molar refractivity (Wildman–Crippen MR) is 77.1 cm³/mol. The molecule has 1 aliphatic rings. The van der Waals surface area contributed by atoms with Gasteiger partial charge in [0.25, 0.3) is 0 Å². The van der Waals surface area contributed by atoms with Gasteiger partial charge in [0.1, 0.15) is 0 Å². The van der Waals surface area contributed by atoms with Crippen LogP contribution in [0.2, 0.25) is 0 Å². The lowest BCUT2D eigenvalue weighted by Gasteiger charge is -2.13. The van der Waals surface area contributed by atoms with Crippen molar-refractivity contribution in [2.75, 3.05) is 0 Å². The largest absolute Gasteiger partial charge is 0.367 e. The van der Waals surface area contributed by atoms with Gasteiger partial charge in [-0.05, 0) is 49.7 Å². The minimum atomic E-state index is 0.140. The van der Waals surface area contributed by atoms with E-state index >= 15 is 0 Å². The Morgan fingerprint density at radius 1 is 1.06 bits per heavy atom. The summed E-state index contributed by atoms with van der Waals surface area (Å²) in [6, 6.07) is 9.12. The molecule has 0 amide bonds. The van der Waals surface area contributed by atoms with Crippen molar-refractivity contribution in [1.82, 2.24) is 0 Å².